The van der Waals surface area contributed by atoms with Crippen molar-refractivity contribution in [3.63, 3.8) is 0 Å². The third kappa shape index (κ3) is 2.13. The van der Waals surface area contributed by atoms with Gasteiger partial charge >= 0.3 is 0 Å². The maximum atomic E-state index is 5.94. The SMILES string of the molecule is CCc1c(C)nn(Cc2cccc(N)c2C)c1C. The van der Waals surface area contributed by atoms with Crippen molar-refractivity contribution in [1.29, 1.82) is 0 Å². The molecule has 0 atom stereocenters. The van der Waals surface area contributed by atoms with Crippen LogP contribution in [0.15, 0.2) is 18.2 Å². The first kappa shape index (κ1) is 12.7. The number of hydrogen-bond donors (Lipinski definition) is 1. The summed E-state index contributed by atoms with van der Waals surface area (Å²) in [5, 5.41) is 4.62. The number of anilines is 1. The monoisotopic (exact) mass is 243 g/mol. The second-order valence-electron chi connectivity index (χ2n) is 4.79. The predicted octanol–water partition coefficient (Wildman–Crippen LogP) is 3.00. The second kappa shape index (κ2) is 4.84. The van der Waals surface area contributed by atoms with Gasteiger partial charge in [0.05, 0.1) is 12.2 Å². The Balaban J connectivity index is 2.37. The van der Waals surface area contributed by atoms with E-state index in [0.717, 1.165) is 29.9 Å². The molecule has 96 valence electrons. The first-order valence-electron chi connectivity index (χ1n) is 6.41. The summed E-state index contributed by atoms with van der Waals surface area (Å²) in [5.74, 6) is 0. The van der Waals surface area contributed by atoms with E-state index in [9.17, 15) is 0 Å². The van der Waals surface area contributed by atoms with Crippen LogP contribution in [0.4, 0.5) is 5.69 Å². The standard InChI is InChI=1S/C15H21N3/c1-5-14-11(3)17-18(12(14)4)9-13-7-6-8-15(16)10(13)2/h6-8H,5,9,16H2,1-4H3. The molecule has 2 aromatic rings. The molecule has 3 nitrogen and oxygen atoms in total. The number of nitrogen functional groups attached to an aromatic ring is 1. The van der Waals surface area contributed by atoms with Gasteiger partial charge in [0, 0.05) is 11.4 Å². The van der Waals surface area contributed by atoms with Gasteiger partial charge in [-0.15, -0.1) is 0 Å². The number of aromatic nitrogens is 2. The lowest BCUT2D eigenvalue weighted by atomic mass is 10.1. The first-order valence-corrected chi connectivity index (χ1v) is 6.41. The molecule has 3 heteroatoms. The van der Waals surface area contributed by atoms with Gasteiger partial charge in [-0.05, 0) is 49.9 Å². The van der Waals surface area contributed by atoms with E-state index in [4.69, 9.17) is 5.73 Å². The second-order valence-corrected chi connectivity index (χ2v) is 4.79. The van der Waals surface area contributed by atoms with Crippen LogP contribution in [0, 0.1) is 20.8 Å². The van der Waals surface area contributed by atoms with E-state index >= 15 is 0 Å². The molecule has 0 aliphatic carbocycles. The summed E-state index contributed by atoms with van der Waals surface area (Å²) in [6.45, 7) is 9.25. The Kier molecular flexibility index (Phi) is 3.41. The average molecular weight is 243 g/mol. The first-order chi connectivity index (χ1) is 8.54. The summed E-state index contributed by atoms with van der Waals surface area (Å²) in [7, 11) is 0. The Morgan fingerprint density at radius 1 is 1.22 bits per heavy atom. The van der Waals surface area contributed by atoms with E-state index in [1.807, 2.05) is 12.1 Å². The van der Waals surface area contributed by atoms with Crippen LogP contribution in [-0.4, -0.2) is 9.78 Å². The van der Waals surface area contributed by atoms with E-state index < -0.39 is 0 Å². The number of aryl methyl sites for hydroxylation is 1. The van der Waals surface area contributed by atoms with Crippen LogP contribution in [0.1, 0.15) is 35.0 Å². The normalized spacial score (nSPS) is 10.9. The van der Waals surface area contributed by atoms with Crippen molar-refractivity contribution in [3.05, 3.63) is 46.3 Å². The maximum absolute atomic E-state index is 5.94. The van der Waals surface area contributed by atoms with Gasteiger partial charge in [0.25, 0.3) is 0 Å². The number of rotatable bonds is 3. The van der Waals surface area contributed by atoms with Gasteiger partial charge in [0.1, 0.15) is 0 Å². The molecule has 18 heavy (non-hydrogen) atoms. The minimum absolute atomic E-state index is 0.795. The molecule has 0 radical (unpaired) electrons. The van der Waals surface area contributed by atoms with Gasteiger partial charge in [-0.2, -0.15) is 5.10 Å². The fraction of sp³-hybridized carbons (Fsp3) is 0.400. The average Bonchev–Trinajstić information content (AvgIpc) is 2.60. The highest BCUT2D eigenvalue weighted by Gasteiger charge is 2.11. The number of hydrogen-bond acceptors (Lipinski definition) is 2. The molecule has 1 aromatic carbocycles. The van der Waals surface area contributed by atoms with Gasteiger partial charge in [-0.3, -0.25) is 4.68 Å². The third-order valence-electron chi connectivity index (χ3n) is 3.69. The molecule has 0 unspecified atom stereocenters. The molecule has 0 saturated heterocycles. The van der Waals surface area contributed by atoms with Crippen molar-refractivity contribution in [1.82, 2.24) is 9.78 Å². The number of nitrogens with two attached hydrogens (primary N) is 1. The number of benzene rings is 1. The zero-order valence-electron chi connectivity index (χ0n) is 11.6. The predicted molar refractivity (Wildman–Crippen MR) is 75.8 cm³/mol. The molecular formula is C15H21N3. The fourth-order valence-corrected chi connectivity index (χ4v) is 2.44. The van der Waals surface area contributed by atoms with Crippen LogP contribution in [-0.2, 0) is 13.0 Å². The fourth-order valence-electron chi connectivity index (χ4n) is 2.44. The minimum atomic E-state index is 0.795. The molecule has 0 spiro atoms. The van der Waals surface area contributed by atoms with Crippen molar-refractivity contribution in [3.8, 4) is 0 Å². The van der Waals surface area contributed by atoms with Crippen LogP contribution in [0.2, 0.25) is 0 Å². The molecule has 1 aromatic heterocycles. The van der Waals surface area contributed by atoms with Gasteiger partial charge in [-0.1, -0.05) is 19.1 Å². The lowest BCUT2D eigenvalue weighted by Crippen LogP contribution is -2.06. The topological polar surface area (TPSA) is 43.8 Å². The highest BCUT2D eigenvalue weighted by Crippen LogP contribution is 2.19. The molecule has 0 saturated carbocycles. The quantitative estimate of drug-likeness (QED) is 0.842. The lowest BCUT2D eigenvalue weighted by Gasteiger charge is -2.10. The Morgan fingerprint density at radius 3 is 2.56 bits per heavy atom. The Labute approximate surface area is 109 Å². The van der Waals surface area contributed by atoms with Crippen LogP contribution in [0.5, 0.6) is 0 Å². The lowest BCUT2D eigenvalue weighted by molar-refractivity contribution is 0.656. The van der Waals surface area contributed by atoms with E-state index in [2.05, 4.69) is 43.5 Å². The van der Waals surface area contributed by atoms with Gasteiger partial charge in [-0.25, -0.2) is 0 Å². The van der Waals surface area contributed by atoms with E-state index in [-0.39, 0.29) is 0 Å². The van der Waals surface area contributed by atoms with Crippen molar-refractivity contribution < 1.29 is 0 Å². The molecule has 1 heterocycles. The Morgan fingerprint density at radius 2 is 1.94 bits per heavy atom. The zero-order chi connectivity index (χ0) is 13.3. The minimum Gasteiger partial charge on any atom is -0.399 e. The molecular weight excluding hydrogens is 222 g/mol. The Bertz CT molecular complexity index is 567. The van der Waals surface area contributed by atoms with E-state index in [0.29, 0.717) is 0 Å². The Hall–Kier alpha value is -1.77. The van der Waals surface area contributed by atoms with E-state index in [1.165, 1.54) is 16.8 Å². The van der Waals surface area contributed by atoms with E-state index in [1.54, 1.807) is 0 Å². The molecule has 2 N–H and O–H groups in total. The molecule has 0 aliphatic rings. The van der Waals surface area contributed by atoms with Gasteiger partial charge in [0.15, 0.2) is 0 Å². The van der Waals surface area contributed by atoms with Crippen molar-refractivity contribution in [2.75, 3.05) is 5.73 Å². The van der Waals surface area contributed by atoms with Crippen LogP contribution < -0.4 is 5.73 Å². The molecule has 0 bridgehead atoms. The van der Waals surface area contributed by atoms with Crippen LogP contribution >= 0.6 is 0 Å². The summed E-state index contributed by atoms with van der Waals surface area (Å²) >= 11 is 0. The summed E-state index contributed by atoms with van der Waals surface area (Å²) in [5.41, 5.74) is 12.9. The third-order valence-corrected chi connectivity index (χ3v) is 3.69. The summed E-state index contributed by atoms with van der Waals surface area (Å²) in [6, 6.07) is 6.06. The smallest absolute Gasteiger partial charge is 0.0665 e. The largest absolute Gasteiger partial charge is 0.399 e. The molecule has 0 amide bonds. The van der Waals surface area contributed by atoms with Crippen molar-refractivity contribution >= 4 is 5.69 Å². The summed E-state index contributed by atoms with van der Waals surface area (Å²) < 4.78 is 2.08. The number of nitrogens with zero attached hydrogens (tertiary/aromatic N) is 2. The highest BCUT2D eigenvalue weighted by atomic mass is 15.3. The molecule has 0 fully saturated rings. The van der Waals surface area contributed by atoms with Crippen molar-refractivity contribution in [2.45, 2.75) is 40.7 Å². The maximum Gasteiger partial charge on any atom is 0.0665 e. The van der Waals surface area contributed by atoms with Crippen molar-refractivity contribution in [2.24, 2.45) is 0 Å². The van der Waals surface area contributed by atoms with Gasteiger partial charge < -0.3 is 5.73 Å². The molecule has 2 rings (SSSR count). The summed E-state index contributed by atoms with van der Waals surface area (Å²) in [4.78, 5) is 0. The highest BCUT2D eigenvalue weighted by molar-refractivity contribution is 5.50. The van der Waals surface area contributed by atoms with Crippen LogP contribution in [0.25, 0.3) is 0 Å². The zero-order valence-corrected chi connectivity index (χ0v) is 11.6. The van der Waals surface area contributed by atoms with Gasteiger partial charge in [0.2, 0.25) is 0 Å². The molecule has 0 aliphatic heterocycles. The summed E-state index contributed by atoms with van der Waals surface area (Å²) in [6.07, 6.45) is 1.04. The van der Waals surface area contributed by atoms with Crippen LogP contribution in [0.3, 0.4) is 0 Å².